The van der Waals surface area contributed by atoms with Gasteiger partial charge in [0.15, 0.2) is 0 Å². The second-order valence-corrected chi connectivity index (χ2v) is 7.70. The first kappa shape index (κ1) is 16.1. The maximum atomic E-state index is 12.3. The van der Waals surface area contributed by atoms with Gasteiger partial charge in [0.25, 0.3) is 0 Å². The molecule has 2 amide bonds. The van der Waals surface area contributed by atoms with E-state index >= 15 is 0 Å². The number of amides is 2. The van der Waals surface area contributed by atoms with Gasteiger partial charge in [-0.15, -0.1) is 11.8 Å². The minimum absolute atomic E-state index is 0.0151. The third-order valence-corrected chi connectivity index (χ3v) is 5.87. The van der Waals surface area contributed by atoms with Crippen LogP contribution in [0.3, 0.4) is 0 Å². The number of nitrogens with zero attached hydrogens (tertiary/aromatic N) is 1. The average molecular weight is 314 g/mol. The van der Waals surface area contributed by atoms with Gasteiger partial charge in [-0.1, -0.05) is 13.8 Å². The normalized spacial score (nSPS) is 29.6. The lowest BCUT2D eigenvalue weighted by molar-refractivity contribution is -0.144. The van der Waals surface area contributed by atoms with Gasteiger partial charge in [-0.05, 0) is 19.3 Å². The maximum Gasteiger partial charge on any atom is 0.308 e. The molecule has 0 saturated carbocycles. The van der Waals surface area contributed by atoms with Gasteiger partial charge in [-0.2, -0.15) is 0 Å². The maximum absolute atomic E-state index is 12.3. The topological polar surface area (TPSA) is 86.7 Å². The molecular weight excluding hydrogens is 292 g/mol. The molecule has 6 nitrogen and oxygen atoms in total. The van der Waals surface area contributed by atoms with Crippen LogP contribution in [0.4, 0.5) is 0 Å². The third kappa shape index (κ3) is 3.02. The number of carboxylic acids is 1. The van der Waals surface area contributed by atoms with E-state index in [9.17, 15) is 14.4 Å². The van der Waals surface area contributed by atoms with Crippen molar-refractivity contribution in [2.45, 2.75) is 44.5 Å². The van der Waals surface area contributed by atoms with E-state index in [0.29, 0.717) is 12.2 Å². The molecule has 2 saturated heterocycles. The van der Waals surface area contributed by atoms with E-state index in [4.69, 9.17) is 5.11 Å². The molecule has 0 aromatic heterocycles. The van der Waals surface area contributed by atoms with Crippen LogP contribution in [0, 0.1) is 11.8 Å². The van der Waals surface area contributed by atoms with Gasteiger partial charge in [0.2, 0.25) is 11.8 Å². The molecule has 3 atom stereocenters. The molecular formula is C14H22N2O4S. The van der Waals surface area contributed by atoms with Gasteiger partial charge in [-0.25, -0.2) is 0 Å². The highest BCUT2D eigenvalue weighted by molar-refractivity contribution is 8.01. The minimum Gasteiger partial charge on any atom is -0.481 e. The SMILES string of the molecule is CC(C)C(CNC(=O)C1CSC2(C)CCC(=O)N12)C(=O)O. The number of rotatable bonds is 5. The van der Waals surface area contributed by atoms with Crippen molar-refractivity contribution in [3.63, 3.8) is 0 Å². The van der Waals surface area contributed by atoms with Crippen LogP contribution < -0.4 is 5.32 Å². The van der Waals surface area contributed by atoms with Gasteiger partial charge in [0.1, 0.15) is 6.04 Å². The molecule has 0 radical (unpaired) electrons. The first-order valence-corrected chi connectivity index (χ1v) is 8.21. The largest absolute Gasteiger partial charge is 0.481 e. The number of carbonyl (C=O) groups excluding carboxylic acids is 2. The highest BCUT2D eigenvalue weighted by atomic mass is 32.2. The molecule has 7 heteroatoms. The second-order valence-electron chi connectivity index (χ2n) is 6.20. The van der Waals surface area contributed by atoms with Gasteiger partial charge in [0, 0.05) is 18.7 Å². The lowest BCUT2D eigenvalue weighted by atomic mass is 9.96. The predicted molar refractivity (Wildman–Crippen MR) is 79.7 cm³/mol. The van der Waals surface area contributed by atoms with Crippen molar-refractivity contribution >= 4 is 29.5 Å². The van der Waals surface area contributed by atoms with Gasteiger partial charge >= 0.3 is 5.97 Å². The fourth-order valence-electron chi connectivity index (χ4n) is 2.95. The van der Waals surface area contributed by atoms with E-state index in [1.54, 1.807) is 16.7 Å². The molecule has 21 heavy (non-hydrogen) atoms. The summed E-state index contributed by atoms with van der Waals surface area (Å²) in [6.45, 7) is 5.73. The van der Waals surface area contributed by atoms with E-state index in [1.165, 1.54) is 0 Å². The first-order chi connectivity index (χ1) is 9.76. The van der Waals surface area contributed by atoms with Crippen LogP contribution in [-0.2, 0) is 14.4 Å². The number of hydrogen-bond acceptors (Lipinski definition) is 4. The quantitative estimate of drug-likeness (QED) is 0.788. The summed E-state index contributed by atoms with van der Waals surface area (Å²) in [6.07, 6.45) is 1.25. The summed E-state index contributed by atoms with van der Waals surface area (Å²) < 4.78 is 0. The molecule has 2 N–H and O–H groups in total. The van der Waals surface area contributed by atoms with Crippen LogP contribution in [0.15, 0.2) is 0 Å². The summed E-state index contributed by atoms with van der Waals surface area (Å²) >= 11 is 1.63. The minimum atomic E-state index is -0.909. The number of aliphatic carboxylic acids is 1. The highest BCUT2D eigenvalue weighted by Crippen LogP contribution is 2.47. The smallest absolute Gasteiger partial charge is 0.308 e. The first-order valence-electron chi connectivity index (χ1n) is 7.23. The summed E-state index contributed by atoms with van der Waals surface area (Å²) in [5, 5.41) is 11.8. The Morgan fingerprint density at radius 1 is 1.52 bits per heavy atom. The van der Waals surface area contributed by atoms with E-state index in [0.717, 1.165) is 6.42 Å². The van der Waals surface area contributed by atoms with Gasteiger partial charge < -0.3 is 15.3 Å². The van der Waals surface area contributed by atoms with Crippen LogP contribution >= 0.6 is 11.8 Å². The lowest BCUT2D eigenvalue weighted by Crippen LogP contribution is -2.51. The molecule has 118 valence electrons. The second kappa shape index (κ2) is 5.87. The van der Waals surface area contributed by atoms with E-state index in [2.05, 4.69) is 5.32 Å². The number of carboxylic acid groups (broad SMARTS) is 1. The summed E-state index contributed by atoms with van der Waals surface area (Å²) in [7, 11) is 0. The van der Waals surface area contributed by atoms with Crippen molar-refractivity contribution in [2.75, 3.05) is 12.3 Å². The van der Waals surface area contributed by atoms with Crippen LogP contribution in [-0.4, -0.2) is 51.0 Å². The van der Waals surface area contributed by atoms with E-state index in [-0.39, 0.29) is 29.1 Å². The summed E-state index contributed by atoms with van der Waals surface area (Å²) in [5.74, 6) is -1.22. The number of hydrogen-bond donors (Lipinski definition) is 2. The average Bonchev–Trinajstić information content (AvgIpc) is 2.86. The zero-order chi connectivity index (χ0) is 15.8. The van der Waals surface area contributed by atoms with E-state index in [1.807, 2.05) is 20.8 Å². The van der Waals surface area contributed by atoms with Crippen LogP contribution in [0.5, 0.6) is 0 Å². The standard InChI is InChI=1S/C14H22N2O4S/c1-8(2)9(13(19)20)6-15-12(18)10-7-21-14(3)5-4-11(17)16(10)14/h8-10H,4-7H2,1-3H3,(H,15,18)(H,19,20). The molecule has 2 aliphatic heterocycles. The lowest BCUT2D eigenvalue weighted by Gasteiger charge is -2.30. The van der Waals surface area contributed by atoms with Crippen molar-refractivity contribution in [2.24, 2.45) is 11.8 Å². The Morgan fingerprint density at radius 3 is 2.76 bits per heavy atom. The molecule has 0 aliphatic carbocycles. The van der Waals surface area contributed by atoms with Crippen molar-refractivity contribution < 1.29 is 19.5 Å². The van der Waals surface area contributed by atoms with Crippen LogP contribution in [0.1, 0.15) is 33.6 Å². The Bertz CT molecular complexity index is 468. The summed E-state index contributed by atoms with van der Waals surface area (Å²) in [4.78, 5) is 36.8. The third-order valence-electron chi connectivity index (χ3n) is 4.37. The monoisotopic (exact) mass is 314 g/mol. The number of carbonyl (C=O) groups is 3. The Morgan fingerprint density at radius 2 is 2.19 bits per heavy atom. The molecule has 0 aromatic rings. The zero-order valence-electron chi connectivity index (χ0n) is 12.6. The predicted octanol–water partition coefficient (Wildman–Crippen LogP) is 0.913. The fourth-order valence-corrected chi connectivity index (χ4v) is 4.38. The van der Waals surface area contributed by atoms with Crippen molar-refractivity contribution in [3.8, 4) is 0 Å². The Hall–Kier alpha value is -1.24. The van der Waals surface area contributed by atoms with Crippen LogP contribution in [0.2, 0.25) is 0 Å². The van der Waals surface area contributed by atoms with E-state index < -0.39 is 17.9 Å². The highest BCUT2D eigenvalue weighted by Gasteiger charge is 2.52. The molecule has 0 aromatic carbocycles. The summed E-state index contributed by atoms with van der Waals surface area (Å²) in [5.41, 5.74) is 0. The van der Waals surface area contributed by atoms with Crippen molar-refractivity contribution in [3.05, 3.63) is 0 Å². The van der Waals surface area contributed by atoms with Crippen LogP contribution in [0.25, 0.3) is 0 Å². The van der Waals surface area contributed by atoms with Gasteiger partial charge in [-0.3, -0.25) is 14.4 Å². The molecule has 2 fully saturated rings. The Kier molecular flexibility index (Phi) is 4.51. The number of thioether (sulfide) groups is 1. The molecule has 0 bridgehead atoms. The summed E-state index contributed by atoms with van der Waals surface area (Å²) in [6, 6.07) is -0.475. The molecule has 0 spiro atoms. The Labute approximate surface area is 128 Å². The molecule has 2 rings (SSSR count). The molecule has 2 heterocycles. The van der Waals surface area contributed by atoms with Crippen molar-refractivity contribution in [1.29, 1.82) is 0 Å². The zero-order valence-corrected chi connectivity index (χ0v) is 13.4. The molecule has 2 aliphatic rings. The van der Waals surface area contributed by atoms with Gasteiger partial charge in [0.05, 0.1) is 10.8 Å². The van der Waals surface area contributed by atoms with Crippen molar-refractivity contribution in [1.82, 2.24) is 10.2 Å². The Balaban J connectivity index is 1.98. The number of nitrogens with one attached hydrogen (secondary N) is 1. The number of fused-ring (bicyclic) bond motifs is 1. The fraction of sp³-hybridized carbons (Fsp3) is 0.786. The molecule has 3 unspecified atom stereocenters.